The van der Waals surface area contributed by atoms with Crippen LogP contribution in [0.2, 0.25) is 0 Å². The van der Waals surface area contributed by atoms with Gasteiger partial charge in [-0.2, -0.15) is 8.62 Å². The molecule has 0 aliphatic heterocycles. The summed E-state index contributed by atoms with van der Waals surface area (Å²) >= 11 is 0. The number of nitrogens with two attached hydrogens (primary N) is 2. The van der Waals surface area contributed by atoms with Crippen LogP contribution in [0.1, 0.15) is 6.30 Å². The van der Waals surface area contributed by atoms with Gasteiger partial charge in [0.15, 0.2) is 11.5 Å². The summed E-state index contributed by atoms with van der Waals surface area (Å²) in [5.74, 6) is -0.0788. The van der Waals surface area contributed by atoms with Crippen molar-refractivity contribution in [2.45, 2.75) is 18.0 Å². The van der Waals surface area contributed by atoms with Crippen LogP contribution in [-0.2, 0) is 31.6 Å². The summed E-state index contributed by atoms with van der Waals surface area (Å²) in [5.41, 5.74) is 8.78. The summed E-state index contributed by atoms with van der Waals surface area (Å²) in [6, 6.07) is 0. The second-order valence-electron chi connectivity index (χ2n) is 6.24. The topological polar surface area (TPSA) is 285 Å². The molecule has 33 heavy (non-hydrogen) atoms. The number of aliphatic hydroxyl groups is 1. The van der Waals surface area contributed by atoms with Crippen LogP contribution in [0.3, 0.4) is 0 Å². The summed E-state index contributed by atoms with van der Waals surface area (Å²) in [4.78, 5) is 47.2. The number of phosphoric ester groups is 1. The molecule has 0 saturated heterocycles. The molecule has 2 aromatic heterocycles. The molecule has 2 aromatic rings. The molecule has 2 rings (SSSR count). The van der Waals surface area contributed by atoms with Gasteiger partial charge in [-0.15, -0.1) is 0 Å². The van der Waals surface area contributed by atoms with Crippen molar-refractivity contribution in [3.8, 4) is 0 Å². The number of phosphoric acid groups is 3. The number of alkyl halides is 1. The lowest BCUT2D eigenvalue weighted by Gasteiger charge is -2.37. The first-order valence-electron chi connectivity index (χ1n) is 8.35. The maximum Gasteiger partial charge on any atom is 0.490 e. The molecule has 0 fully saturated rings. The number of fused-ring (bicyclic) bond motifs is 1. The fraction of sp³-hybridized carbons (Fsp3) is 0.545. The first-order valence-corrected chi connectivity index (χ1v) is 12.9. The Morgan fingerprint density at radius 2 is 1.79 bits per heavy atom. The van der Waals surface area contributed by atoms with E-state index in [1.165, 1.54) is 0 Å². The van der Waals surface area contributed by atoms with Gasteiger partial charge in [0.25, 0.3) is 0 Å². The Balaban J connectivity index is 2.24. The predicted octanol–water partition coefficient (Wildman–Crippen LogP) is -1.08. The van der Waals surface area contributed by atoms with Gasteiger partial charge in [-0.05, 0) is 0 Å². The Hall–Kier alpha value is -1.43. The zero-order valence-corrected chi connectivity index (χ0v) is 19.2. The zero-order valence-electron chi connectivity index (χ0n) is 16.5. The van der Waals surface area contributed by atoms with Gasteiger partial charge < -0.3 is 40.9 Å². The molecule has 18 nitrogen and oxygen atoms in total. The molecule has 0 spiro atoms. The average Bonchev–Trinajstić information content (AvgIpc) is 3.11. The van der Waals surface area contributed by atoms with Crippen molar-refractivity contribution < 1.29 is 60.6 Å². The number of ether oxygens (including phenoxy) is 1. The third-order valence-corrected chi connectivity index (χ3v) is 7.87. The molecular weight excluding hydrogens is 520 g/mol. The lowest BCUT2D eigenvalue weighted by Crippen LogP contribution is -2.56. The van der Waals surface area contributed by atoms with Crippen LogP contribution in [-0.4, -0.2) is 76.2 Å². The van der Waals surface area contributed by atoms with E-state index in [4.69, 9.17) is 26.0 Å². The number of nitrogens with zero attached hydrogens (tertiary/aromatic N) is 4. The SMILES string of the molecule is CO[C@](CN)(COP(=O)(O)OP(=O)(O)OP(=O)(O)O)[C@@H](O)[C@@H](F)n1cnc2c(N)ncnc21. The molecule has 0 aliphatic rings. The molecule has 22 heteroatoms. The first kappa shape index (κ1) is 27.8. The number of halogens is 1. The highest BCUT2D eigenvalue weighted by Gasteiger charge is 2.47. The Morgan fingerprint density at radius 3 is 2.33 bits per heavy atom. The number of aliphatic hydroxyl groups excluding tert-OH is 1. The van der Waals surface area contributed by atoms with E-state index < -0.39 is 54.6 Å². The van der Waals surface area contributed by atoms with E-state index in [1.54, 1.807) is 0 Å². The first-order chi connectivity index (χ1) is 15.1. The summed E-state index contributed by atoms with van der Waals surface area (Å²) in [6.45, 7) is -1.94. The van der Waals surface area contributed by atoms with E-state index in [1.807, 2.05) is 0 Å². The van der Waals surface area contributed by atoms with Crippen molar-refractivity contribution in [3.63, 3.8) is 0 Å². The maximum atomic E-state index is 15.2. The zero-order chi connectivity index (χ0) is 25.2. The lowest BCUT2D eigenvalue weighted by atomic mass is 9.96. The van der Waals surface area contributed by atoms with Gasteiger partial charge in [-0.25, -0.2) is 33.0 Å². The molecule has 0 radical (unpaired) electrons. The highest BCUT2D eigenvalue weighted by Crippen LogP contribution is 2.66. The Kier molecular flexibility index (Phi) is 8.47. The van der Waals surface area contributed by atoms with Crippen LogP contribution in [0.25, 0.3) is 11.2 Å². The standard InChI is InChI=1S/C11H20FN6O12P3/c1-27-11(2-13,3-28-32(23,24)30-33(25,26)29-31(20,21)22)7(19)8(12)18-5-17-6-9(14)15-4-16-10(6)18/h4-5,7-8,19H,2-3,13H2,1H3,(H,23,24)(H,25,26)(H2,14,15,16)(H2,20,21,22)/t7-,8-,11+/m0/s1. The molecule has 0 saturated carbocycles. The van der Waals surface area contributed by atoms with E-state index in [-0.39, 0.29) is 17.0 Å². The molecule has 0 aromatic carbocycles. The smallest absolute Gasteiger partial charge is 0.385 e. The van der Waals surface area contributed by atoms with Gasteiger partial charge in [-0.1, -0.05) is 0 Å². The Labute approximate surface area is 183 Å². The number of rotatable bonds is 12. The number of nitrogen functional groups attached to an aromatic ring is 1. The lowest BCUT2D eigenvalue weighted by molar-refractivity contribution is -0.155. The van der Waals surface area contributed by atoms with E-state index in [2.05, 4.69) is 28.1 Å². The van der Waals surface area contributed by atoms with E-state index >= 15 is 4.39 Å². The van der Waals surface area contributed by atoms with Crippen LogP contribution in [0.5, 0.6) is 0 Å². The number of imidazole rings is 1. The number of hydrogen-bond acceptors (Lipinski definition) is 13. The molecule has 5 atom stereocenters. The third-order valence-electron chi connectivity index (χ3n) is 4.09. The fourth-order valence-corrected chi connectivity index (χ4v) is 5.55. The largest absolute Gasteiger partial charge is 0.490 e. The van der Waals surface area contributed by atoms with Crippen molar-refractivity contribution >= 4 is 40.4 Å². The quantitative estimate of drug-likeness (QED) is 0.158. The van der Waals surface area contributed by atoms with Crippen molar-refractivity contribution in [2.24, 2.45) is 5.73 Å². The highest BCUT2D eigenvalue weighted by molar-refractivity contribution is 7.66. The summed E-state index contributed by atoms with van der Waals surface area (Å²) in [7, 11) is -16.1. The fourth-order valence-electron chi connectivity index (χ4n) is 2.48. The molecule has 0 amide bonds. The van der Waals surface area contributed by atoms with E-state index in [0.29, 0.717) is 0 Å². The summed E-state index contributed by atoms with van der Waals surface area (Å²) < 4.78 is 66.6. The average molecular weight is 540 g/mol. The predicted molar refractivity (Wildman–Crippen MR) is 104 cm³/mol. The van der Waals surface area contributed by atoms with Gasteiger partial charge in [0.1, 0.15) is 23.5 Å². The van der Waals surface area contributed by atoms with Crippen molar-refractivity contribution in [1.82, 2.24) is 19.5 Å². The van der Waals surface area contributed by atoms with Crippen molar-refractivity contribution in [3.05, 3.63) is 12.7 Å². The number of anilines is 1. The molecule has 9 N–H and O–H groups in total. The van der Waals surface area contributed by atoms with Crippen LogP contribution in [0, 0.1) is 0 Å². The second-order valence-corrected chi connectivity index (χ2v) is 10.7. The van der Waals surface area contributed by atoms with Gasteiger partial charge in [0.05, 0.1) is 12.9 Å². The molecule has 2 heterocycles. The van der Waals surface area contributed by atoms with Gasteiger partial charge >= 0.3 is 23.5 Å². The maximum absolute atomic E-state index is 15.2. The third kappa shape index (κ3) is 6.80. The number of methoxy groups -OCH3 is 1. The van der Waals surface area contributed by atoms with Crippen molar-refractivity contribution in [2.75, 3.05) is 26.0 Å². The minimum Gasteiger partial charge on any atom is -0.385 e. The monoisotopic (exact) mass is 540 g/mol. The molecular formula is C11H20FN6O12P3. The molecule has 2 unspecified atom stereocenters. The minimum atomic E-state index is -5.80. The van der Waals surface area contributed by atoms with Crippen molar-refractivity contribution in [1.29, 1.82) is 0 Å². The van der Waals surface area contributed by atoms with E-state index in [0.717, 1.165) is 24.3 Å². The van der Waals surface area contributed by atoms with Crippen LogP contribution < -0.4 is 11.5 Å². The molecule has 188 valence electrons. The Bertz CT molecular complexity index is 1120. The highest BCUT2D eigenvalue weighted by atomic mass is 31.3. The van der Waals surface area contributed by atoms with Crippen LogP contribution >= 0.6 is 23.5 Å². The van der Waals surface area contributed by atoms with Gasteiger partial charge in [0, 0.05) is 13.7 Å². The van der Waals surface area contributed by atoms with Crippen LogP contribution in [0.15, 0.2) is 12.7 Å². The van der Waals surface area contributed by atoms with Crippen LogP contribution in [0.4, 0.5) is 10.2 Å². The second kappa shape index (κ2) is 10.1. The summed E-state index contributed by atoms with van der Waals surface area (Å²) in [6.07, 6.45) is -2.68. The normalized spacial score (nSPS) is 20.0. The summed E-state index contributed by atoms with van der Waals surface area (Å²) in [5, 5.41) is 10.6. The van der Waals surface area contributed by atoms with Gasteiger partial charge in [-0.3, -0.25) is 9.09 Å². The minimum absolute atomic E-state index is 0.0105. The Morgan fingerprint density at radius 1 is 1.15 bits per heavy atom. The van der Waals surface area contributed by atoms with E-state index in [9.17, 15) is 28.6 Å². The number of aromatic nitrogens is 4. The number of hydrogen-bond donors (Lipinski definition) is 7. The van der Waals surface area contributed by atoms with Gasteiger partial charge in [0.2, 0.25) is 6.30 Å². The molecule has 0 aliphatic carbocycles. The molecule has 0 bridgehead atoms.